The van der Waals surface area contributed by atoms with Gasteiger partial charge in [0.1, 0.15) is 18.2 Å². The highest BCUT2D eigenvalue weighted by atomic mass is 16.5. The molecule has 1 fully saturated rings. The number of carbonyl (C=O) groups is 2. The number of carbonyl (C=O) groups excluding carboxylic acids is 2. The zero-order chi connectivity index (χ0) is 24.9. The number of aliphatic hydroxyl groups is 2. The Labute approximate surface area is 198 Å². The second kappa shape index (κ2) is 10.6. The van der Waals surface area contributed by atoms with Crippen LogP contribution in [0.5, 0.6) is 0 Å². The maximum absolute atomic E-state index is 12.7. The number of benzene rings is 1. The van der Waals surface area contributed by atoms with Crippen molar-refractivity contribution in [3.05, 3.63) is 59.7 Å². The Hall–Kier alpha value is -3.58. The summed E-state index contributed by atoms with van der Waals surface area (Å²) in [4.78, 5) is 33.9. The van der Waals surface area contributed by atoms with Crippen molar-refractivity contribution in [3.8, 4) is 12.3 Å². The molecule has 0 radical (unpaired) electrons. The van der Waals surface area contributed by atoms with E-state index in [0.717, 1.165) is 29.4 Å². The Bertz CT molecular complexity index is 1200. The highest BCUT2D eigenvalue weighted by Crippen LogP contribution is 2.32. The molecule has 4 rings (SSSR count). The van der Waals surface area contributed by atoms with E-state index in [0.29, 0.717) is 24.0 Å². The number of hydrogen-bond donors (Lipinski definition) is 2. The molecule has 1 saturated heterocycles. The number of ether oxygens (including phenoxy) is 1. The van der Waals surface area contributed by atoms with Crippen molar-refractivity contribution in [1.82, 2.24) is 19.4 Å². The second-order valence-corrected chi connectivity index (χ2v) is 8.53. The van der Waals surface area contributed by atoms with Crippen LogP contribution in [0.15, 0.2) is 43.0 Å². The quantitative estimate of drug-likeness (QED) is 0.338. The van der Waals surface area contributed by atoms with Crippen LogP contribution in [-0.2, 0) is 4.74 Å². The third-order valence-corrected chi connectivity index (χ3v) is 5.19. The summed E-state index contributed by atoms with van der Waals surface area (Å²) in [5.74, 6) is 0.963. The van der Waals surface area contributed by atoms with Gasteiger partial charge in [-0.15, -0.1) is 6.42 Å². The van der Waals surface area contributed by atoms with Crippen LogP contribution in [0.1, 0.15) is 59.2 Å². The van der Waals surface area contributed by atoms with E-state index in [2.05, 4.69) is 15.9 Å². The van der Waals surface area contributed by atoms with E-state index < -0.39 is 5.79 Å². The smallest absolute Gasteiger partial charge is 0.254 e. The van der Waals surface area contributed by atoms with Crippen LogP contribution in [0.3, 0.4) is 0 Å². The normalized spacial score (nSPS) is 17.5. The molecule has 0 aliphatic carbocycles. The summed E-state index contributed by atoms with van der Waals surface area (Å²) in [6, 6.07) is 6.78. The molecule has 0 spiro atoms. The zero-order valence-electron chi connectivity index (χ0n) is 19.4. The third kappa shape index (κ3) is 6.05. The lowest BCUT2D eigenvalue weighted by Crippen LogP contribution is -2.34. The van der Waals surface area contributed by atoms with Crippen LogP contribution in [0, 0.1) is 12.3 Å². The predicted octanol–water partition coefficient (Wildman–Crippen LogP) is 2.38. The minimum atomic E-state index is -1.50. The summed E-state index contributed by atoms with van der Waals surface area (Å²) < 4.78 is 8.14. The molecule has 9 nitrogen and oxygen atoms in total. The minimum absolute atomic E-state index is 0.120. The molecular formula is C25H28N4O5. The van der Waals surface area contributed by atoms with E-state index in [-0.39, 0.29) is 18.2 Å². The standard InChI is InChI=1S/C22H20N4O3.C3H8O2/c1-3-15-11-26(21-19(15)10-23-14-24-21)20-9-8-17(29-20)12-25(2)22(28)18-7-5-4-6-16(18)13-27;1-3(2,4)5/h1,4-7,10-11,13-14,17,20H,8-9,12H2,2H3;4-5H,1-2H3. The summed E-state index contributed by atoms with van der Waals surface area (Å²) in [5, 5.41) is 17.0. The van der Waals surface area contributed by atoms with Crippen molar-refractivity contribution in [2.24, 2.45) is 0 Å². The molecule has 178 valence electrons. The van der Waals surface area contributed by atoms with Crippen molar-refractivity contribution >= 4 is 23.2 Å². The molecule has 9 heteroatoms. The summed E-state index contributed by atoms with van der Waals surface area (Å²) in [5.41, 5.74) is 2.24. The predicted molar refractivity (Wildman–Crippen MR) is 126 cm³/mol. The zero-order valence-corrected chi connectivity index (χ0v) is 19.4. The molecule has 1 aromatic carbocycles. The highest BCUT2D eigenvalue weighted by molar-refractivity contribution is 6.01. The molecule has 1 aliphatic rings. The number of hydrogen-bond acceptors (Lipinski definition) is 7. The van der Waals surface area contributed by atoms with Gasteiger partial charge in [-0.05, 0) is 32.8 Å². The van der Waals surface area contributed by atoms with Gasteiger partial charge in [0.15, 0.2) is 12.1 Å². The molecule has 1 amide bonds. The average Bonchev–Trinajstić information content (AvgIpc) is 3.41. The lowest BCUT2D eigenvalue weighted by atomic mass is 10.1. The van der Waals surface area contributed by atoms with E-state index in [9.17, 15) is 9.59 Å². The summed E-state index contributed by atoms with van der Waals surface area (Å²) in [7, 11) is 1.72. The molecule has 2 unspecified atom stereocenters. The van der Waals surface area contributed by atoms with Gasteiger partial charge in [-0.1, -0.05) is 24.1 Å². The van der Waals surface area contributed by atoms with Gasteiger partial charge in [0.2, 0.25) is 0 Å². The van der Waals surface area contributed by atoms with Crippen molar-refractivity contribution in [2.75, 3.05) is 13.6 Å². The van der Waals surface area contributed by atoms with Gasteiger partial charge < -0.3 is 24.4 Å². The van der Waals surface area contributed by atoms with Gasteiger partial charge in [0.25, 0.3) is 5.91 Å². The Kier molecular flexibility index (Phi) is 7.79. The van der Waals surface area contributed by atoms with Gasteiger partial charge >= 0.3 is 0 Å². The summed E-state index contributed by atoms with van der Waals surface area (Å²) in [6.45, 7) is 3.03. The number of fused-ring (bicyclic) bond motifs is 1. The van der Waals surface area contributed by atoms with Gasteiger partial charge in [-0.25, -0.2) is 9.97 Å². The van der Waals surface area contributed by atoms with Crippen molar-refractivity contribution < 1.29 is 24.5 Å². The first kappa shape index (κ1) is 25.1. The molecular weight excluding hydrogens is 436 g/mol. The molecule has 0 bridgehead atoms. The number of aromatic nitrogens is 3. The van der Waals surface area contributed by atoms with E-state index in [1.54, 1.807) is 42.4 Å². The summed E-state index contributed by atoms with van der Waals surface area (Å²) >= 11 is 0. The third-order valence-electron chi connectivity index (χ3n) is 5.19. The maximum Gasteiger partial charge on any atom is 0.254 e. The minimum Gasteiger partial charge on any atom is -0.366 e. The average molecular weight is 465 g/mol. The van der Waals surface area contributed by atoms with Gasteiger partial charge in [-0.3, -0.25) is 9.59 Å². The number of amides is 1. The van der Waals surface area contributed by atoms with Crippen LogP contribution in [-0.4, -0.2) is 67.3 Å². The van der Waals surface area contributed by atoms with Gasteiger partial charge in [0.05, 0.1) is 22.6 Å². The van der Waals surface area contributed by atoms with Crippen LogP contribution in [0.25, 0.3) is 11.0 Å². The molecule has 2 atom stereocenters. The fraction of sp³-hybridized carbons (Fsp3) is 0.360. The van der Waals surface area contributed by atoms with Gasteiger partial charge in [-0.2, -0.15) is 0 Å². The highest BCUT2D eigenvalue weighted by Gasteiger charge is 2.30. The number of terminal acetylenes is 1. The molecule has 0 saturated carbocycles. The lowest BCUT2D eigenvalue weighted by molar-refractivity contribution is -0.127. The Morgan fingerprint density at radius 1 is 1.35 bits per heavy atom. The topological polar surface area (TPSA) is 118 Å². The molecule has 34 heavy (non-hydrogen) atoms. The van der Waals surface area contributed by atoms with Gasteiger partial charge in [0, 0.05) is 31.5 Å². The lowest BCUT2D eigenvalue weighted by Gasteiger charge is -2.22. The molecule has 1 aliphatic heterocycles. The molecule has 2 N–H and O–H groups in total. The number of aldehydes is 1. The van der Waals surface area contributed by atoms with Crippen molar-refractivity contribution in [2.45, 2.75) is 44.8 Å². The largest absolute Gasteiger partial charge is 0.366 e. The van der Waals surface area contributed by atoms with Crippen LogP contribution in [0.2, 0.25) is 0 Å². The van der Waals surface area contributed by atoms with Crippen LogP contribution < -0.4 is 0 Å². The molecule has 3 aromatic rings. The second-order valence-electron chi connectivity index (χ2n) is 8.53. The van der Waals surface area contributed by atoms with E-state index in [1.807, 2.05) is 10.8 Å². The first-order valence-electron chi connectivity index (χ1n) is 10.8. The van der Waals surface area contributed by atoms with E-state index >= 15 is 0 Å². The maximum atomic E-state index is 12.7. The first-order valence-corrected chi connectivity index (χ1v) is 10.8. The molecule has 3 heterocycles. The summed E-state index contributed by atoms with van der Waals surface area (Å²) in [6.07, 6.45) is 12.6. The van der Waals surface area contributed by atoms with Crippen molar-refractivity contribution in [1.29, 1.82) is 0 Å². The van der Waals surface area contributed by atoms with Crippen LogP contribution >= 0.6 is 0 Å². The number of nitrogens with zero attached hydrogens (tertiary/aromatic N) is 4. The van der Waals surface area contributed by atoms with E-state index in [4.69, 9.17) is 21.4 Å². The fourth-order valence-corrected chi connectivity index (χ4v) is 3.74. The Balaban J connectivity index is 0.000000588. The number of rotatable bonds is 5. The van der Waals surface area contributed by atoms with Crippen LogP contribution in [0.4, 0.5) is 0 Å². The van der Waals surface area contributed by atoms with Crippen molar-refractivity contribution in [3.63, 3.8) is 0 Å². The Morgan fingerprint density at radius 2 is 2.06 bits per heavy atom. The first-order chi connectivity index (χ1) is 16.1. The SMILES string of the molecule is C#Cc1cn(C2CCC(CN(C)C(=O)c3ccccc3C=O)O2)c2ncncc12.CC(C)(O)O. The van der Waals surface area contributed by atoms with E-state index in [1.165, 1.54) is 20.2 Å². The molecule has 2 aromatic heterocycles. The number of likely N-dealkylation sites (N-methyl/N-ethyl adjacent to an activating group) is 1. The fourth-order valence-electron chi connectivity index (χ4n) is 3.74. The Morgan fingerprint density at radius 3 is 2.74 bits per heavy atom. The monoisotopic (exact) mass is 464 g/mol.